The standard InChI is InChI=1S/C22H21F5O/c1-2-3-4-5-14-6-9-17-15(12-14)7-10-18(21(17)24)16-8-11-20(19(23)13-16)28-22(25,26)27/h6-8,10-11,13H,2-5,9,12H2,1H3. The Morgan fingerprint density at radius 3 is 2.50 bits per heavy atom. The van der Waals surface area contributed by atoms with Gasteiger partial charge in [0.25, 0.3) is 0 Å². The van der Waals surface area contributed by atoms with E-state index in [0.717, 1.165) is 43.4 Å². The highest BCUT2D eigenvalue weighted by molar-refractivity contribution is 5.67. The SMILES string of the molecule is CCCCCC1=CCc2c(ccc(-c3ccc(OC(F)(F)F)c(F)c3)c2F)C1. The first kappa shape index (κ1) is 20.4. The quantitative estimate of drug-likeness (QED) is 0.287. The number of allylic oxidation sites excluding steroid dienone is 2. The molecule has 0 unspecified atom stereocenters. The minimum absolute atomic E-state index is 0.166. The molecule has 0 spiro atoms. The third kappa shape index (κ3) is 4.72. The van der Waals surface area contributed by atoms with E-state index in [4.69, 9.17) is 0 Å². The van der Waals surface area contributed by atoms with Crippen LogP contribution in [-0.2, 0) is 12.8 Å². The first-order chi connectivity index (χ1) is 13.3. The van der Waals surface area contributed by atoms with Crippen LogP contribution in [0.4, 0.5) is 22.0 Å². The molecule has 0 bridgehead atoms. The fourth-order valence-electron chi connectivity index (χ4n) is 3.50. The van der Waals surface area contributed by atoms with Gasteiger partial charge in [-0.1, -0.05) is 49.6 Å². The largest absolute Gasteiger partial charge is 0.573 e. The van der Waals surface area contributed by atoms with Gasteiger partial charge in [-0.2, -0.15) is 0 Å². The monoisotopic (exact) mass is 396 g/mol. The Hall–Kier alpha value is -2.37. The molecule has 3 rings (SSSR count). The van der Waals surface area contributed by atoms with Crippen molar-refractivity contribution in [2.75, 3.05) is 0 Å². The van der Waals surface area contributed by atoms with Crippen molar-refractivity contribution in [2.45, 2.75) is 51.8 Å². The van der Waals surface area contributed by atoms with Crippen LogP contribution in [-0.4, -0.2) is 6.36 Å². The highest BCUT2D eigenvalue weighted by atomic mass is 19.4. The highest BCUT2D eigenvalue weighted by Gasteiger charge is 2.32. The van der Waals surface area contributed by atoms with E-state index < -0.39 is 23.7 Å². The van der Waals surface area contributed by atoms with E-state index >= 15 is 4.39 Å². The van der Waals surface area contributed by atoms with Crippen LogP contribution in [0.5, 0.6) is 5.75 Å². The summed E-state index contributed by atoms with van der Waals surface area (Å²) in [6.45, 7) is 2.14. The summed E-state index contributed by atoms with van der Waals surface area (Å²) in [5.74, 6) is -2.58. The van der Waals surface area contributed by atoms with Crippen molar-refractivity contribution in [1.29, 1.82) is 0 Å². The lowest BCUT2D eigenvalue weighted by atomic mass is 9.86. The number of benzene rings is 2. The molecule has 0 aliphatic heterocycles. The Morgan fingerprint density at radius 1 is 1.04 bits per heavy atom. The summed E-state index contributed by atoms with van der Waals surface area (Å²) >= 11 is 0. The van der Waals surface area contributed by atoms with Crippen LogP contribution in [0.1, 0.15) is 43.7 Å². The molecule has 1 nitrogen and oxygen atoms in total. The molecule has 0 radical (unpaired) electrons. The van der Waals surface area contributed by atoms with Crippen molar-refractivity contribution in [2.24, 2.45) is 0 Å². The van der Waals surface area contributed by atoms with Crippen LogP contribution in [0.2, 0.25) is 0 Å². The smallest absolute Gasteiger partial charge is 0.403 e. The molecule has 0 N–H and O–H groups in total. The maximum absolute atomic E-state index is 15.0. The summed E-state index contributed by atoms with van der Waals surface area (Å²) in [5, 5.41) is 0. The van der Waals surface area contributed by atoms with Gasteiger partial charge in [0.05, 0.1) is 0 Å². The average molecular weight is 396 g/mol. The third-order valence-electron chi connectivity index (χ3n) is 4.92. The van der Waals surface area contributed by atoms with Gasteiger partial charge in [-0.25, -0.2) is 8.78 Å². The molecule has 0 saturated carbocycles. The first-order valence-electron chi connectivity index (χ1n) is 9.32. The number of hydrogen-bond acceptors (Lipinski definition) is 1. The van der Waals surface area contributed by atoms with Crippen molar-refractivity contribution < 1.29 is 26.7 Å². The van der Waals surface area contributed by atoms with Crippen LogP contribution in [0.3, 0.4) is 0 Å². The van der Waals surface area contributed by atoms with E-state index in [0.29, 0.717) is 18.4 Å². The van der Waals surface area contributed by atoms with Gasteiger partial charge in [-0.05, 0) is 54.5 Å². The molecule has 150 valence electrons. The normalized spacial score (nSPS) is 13.9. The summed E-state index contributed by atoms with van der Waals surface area (Å²) in [4.78, 5) is 0. The van der Waals surface area contributed by atoms with Crippen molar-refractivity contribution >= 4 is 0 Å². The molecule has 0 heterocycles. The Balaban J connectivity index is 1.83. The lowest BCUT2D eigenvalue weighted by Gasteiger charge is -2.20. The molecular weight excluding hydrogens is 375 g/mol. The maximum atomic E-state index is 15.0. The second-order valence-corrected chi connectivity index (χ2v) is 6.96. The van der Waals surface area contributed by atoms with Gasteiger partial charge in [-0.15, -0.1) is 13.2 Å². The van der Waals surface area contributed by atoms with Crippen molar-refractivity contribution in [3.8, 4) is 16.9 Å². The molecule has 0 fully saturated rings. The second-order valence-electron chi connectivity index (χ2n) is 6.96. The van der Waals surface area contributed by atoms with Crippen LogP contribution >= 0.6 is 0 Å². The minimum Gasteiger partial charge on any atom is -0.403 e. The molecule has 2 aromatic carbocycles. The third-order valence-corrected chi connectivity index (χ3v) is 4.92. The molecule has 0 amide bonds. The van der Waals surface area contributed by atoms with E-state index in [1.807, 2.05) is 12.1 Å². The zero-order valence-electron chi connectivity index (χ0n) is 15.5. The van der Waals surface area contributed by atoms with Crippen molar-refractivity contribution in [3.05, 3.63) is 64.7 Å². The van der Waals surface area contributed by atoms with Gasteiger partial charge < -0.3 is 4.74 Å². The average Bonchev–Trinajstić information content (AvgIpc) is 2.63. The van der Waals surface area contributed by atoms with Crippen LogP contribution in [0.25, 0.3) is 11.1 Å². The molecule has 0 atom stereocenters. The number of unbranched alkanes of at least 4 members (excludes halogenated alkanes) is 2. The zero-order chi connectivity index (χ0) is 20.3. The van der Waals surface area contributed by atoms with Gasteiger partial charge in [0, 0.05) is 5.56 Å². The van der Waals surface area contributed by atoms with Gasteiger partial charge >= 0.3 is 6.36 Å². The second kappa shape index (κ2) is 8.33. The predicted octanol–water partition coefficient (Wildman–Crippen LogP) is 7.14. The number of rotatable bonds is 6. The van der Waals surface area contributed by atoms with Gasteiger partial charge in [0.1, 0.15) is 5.82 Å². The van der Waals surface area contributed by atoms with Crippen LogP contribution < -0.4 is 4.74 Å². The van der Waals surface area contributed by atoms with Crippen molar-refractivity contribution in [1.82, 2.24) is 0 Å². The number of fused-ring (bicyclic) bond motifs is 1. The summed E-state index contributed by atoms with van der Waals surface area (Å²) in [6.07, 6.45) is 2.65. The van der Waals surface area contributed by atoms with E-state index in [9.17, 15) is 17.6 Å². The summed E-state index contributed by atoms with van der Waals surface area (Å²) in [6, 6.07) is 6.33. The van der Waals surface area contributed by atoms with Crippen LogP contribution in [0.15, 0.2) is 42.0 Å². The Labute approximate surface area is 160 Å². The Bertz CT molecular complexity index is 883. The summed E-state index contributed by atoms with van der Waals surface area (Å²) in [5.41, 5.74) is 3.11. The number of ether oxygens (including phenoxy) is 1. The fraction of sp³-hybridized carbons (Fsp3) is 0.364. The van der Waals surface area contributed by atoms with E-state index in [1.54, 1.807) is 6.07 Å². The van der Waals surface area contributed by atoms with Crippen LogP contribution in [0, 0.1) is 11.6 Å². The molecule has 1 aliphatic rings. The van der Waals surface area contributed by atoms with E-state index in [2.05, 4.69) is 11.7 Å². The van der Waals surface area contributed by atoms with E-state index in [1.165, 1.54) is 11.6 Å². The molecule has 0 aromatic heterocycles. The van der Waals surface area contributed by atoms with Gasteiger partial charge in [0.15, 0.2) is 11.6 Å². The lowest BCUT2D eigenvalue weighted by Crippen LogP contribution is -2.17. The predicted molar refractivity (Wildman–Crippen MR) is 98.1 cm³/mol. The molecule has 1 aliphatic carbocycles. The molecule has 2 aromatic rings. The number of halogens is 5. The summed E-state index contributed by atoms with van der Waals surface area (Å²) < 4.78 is 69.4. The van der Waals surface area contributed by atoms with E-state index in [-0.39, 0.29) is 11.1 Å². The fourth-order valence-corrected chi connectivity index (χ4v) is 3.50. The topological polar surface area (TPSA) is 9.23 Å². The minimum atomic E-state index is -4.99. The Kier molecular flexibility index (Phi) is 6.06. The zero-order valence-corrected chi connectivity index (χ0v) is 15.5. The van der Waals surface area contributed by atoms with Gasteiger partial charge in [-0.3, -0.25) is 0 Å². The highest BCUT2D eigenvalue weighted by Crippen LogP contribution is 2.34. The number of hydrogen-bond donors (Lipinski definition) is 0. The molecule has 28 heavy (non-hydrogen) atoms. The molecule has 6 heteroatoms. The van der Waals surface area contributed by atoms with Crippen molar-refractivity contribution in [3.63, 3.8) is 0 Å². The first-order valence-corrected chi connectivity index (χ1v) is 9.32. The summed E-state index contributed by atoms with van der Waals surface area (Å²) in [7, 11) is 0. The molecular formula is C22H21F5O. The Morgan fingerprint density at radius 2 is 1.82 bits per heavy atom. The van der Waals surface area contributed by atoms with Gasteiger partial charge in [0.2, 0.25) is 0 Å². The molecule has 0 saturated heterocycles. The number of alkyl halides is 3. The maximum Gasteiger partial charge on any atom is 0.573 e. The lowest BCUT2D eigenvalue weighted by molar-refractivity contribution is -0.275.